The Labute approximate surface area is 232 Å². The minimum absolute atomic E-state index is 0.0533. The number of unbranched alkanes of at least 4 members (excludes halogenated alkanes) is 3. The highest BCUT2D eigenvalue weighted by Crippen LogP contribution is 2.71. The number of hydrogen-bond acceptors (Lipinski definition) is 4. The van der Waals surface area contributed by atoms with Gasteiger partial charge in [0.05, 0.1) is 12.7 Å². The molecule has 6 fully saturated rings. The van der Waals surface area contributed by atoms with Crippen molar-refractivity contribution in [2.45, 2.75) is 149 Å². The Morgan fingerprint density at radius 1 is 0.895 bits per heavy atom. The van der Waals surface area contributed by atoms with Crippen LogP contribution in [0.4, 0.5) is 0 Å². The number of rotatable bonds is 6. The molecule has 0 amide bonds. The van der Waals surface area contributed by atoms with E-state index in [4.69, 9.17) is 14.2 Å². The van der Waals surface area contributed by atoms with Crippen LogP contribution in [0.5, 0.6) is 0 Å². The van der Waals surface area contributed by atoms with Gasteiger partial charge < -0.3 is 14.2 Å². The van der Waals surface area contributed by atoms with Gasteiger partial charge in [-0.3, -0.25) is 4.79 Å². The van der Waals surface area contributed by atoms with Gasteiger partial charge in [-0.25, -0.2) is 0 Å². The van der Waals surface area contributed by atoms with E-state index in [2.05, 4.69) is 34.6 Å². The van der Waals surface area contributed by atoms with Crippen molar-refractivity contribution in [3.05, 3.63) is 0 Å². The first kappa shape index (κ1) is 27.6. The Morgan fingerprint density at radius 3 is 2.47 bits per heavy atom. The van der Waals surface area contributed by atoms with Gasteiger partial charge in [0.25, 0.3) is 0 Å². The smallest absolute Gasteiger partial charge is 0.306 e. The highest BCUT2D eigenvalue weighted by atomic mass is 16.7. The summed E-state index contributed by atoms with van der Waals surface area (Å²) in [6.07, 6.45) is 18.2. The molecule has 0 unspecified atom stereocenters. The van der Waals surface area contributed by atoms with Crippen LogP contribution in [0.15, 0.2) is 0 Å². The van der Waals surface area contributed by atoms with Gasteiger partial charge in [-0.15, -0.1) is 0 Å². The number of ether oxygens (including phenoxy) is 3. The van der Waals surface area contributed by atoms with Crippen molar-refractivity contribution in [2.75, 3.05) is 6.61 Å². The van der Waals surface area contributed by atoms with E-state index in [-0.39, 0.29) is 17.9 Å². The topological polar surface area (TPSA) is 44.8 Å². The first-order valence-corrected chi connectivity index (χ1v) is 16.7. The summed E-state index contributed by atoms with van der Waals surface area (Å²) < 4.78 is 19.5. The first-order chi connectivity index (χ1) is 18.2. The molecule has 216 valence electrons. The van der Waals surface area contributed by atoms with Crippen molar-refractivity contribution >= 4 is 5.97 Å². The van der Waals surface area contributed by atoms with Crippen LogP contribution in [0.2, 0.25) is 0 Å². The lowest BCUT2D eigenvalue weighted by molar-refractivity contribution is -0.273. The lowest BCUT2D eigenvalue weighted by atomic mass is 9.44. The van der Waals surface area contributed by atoms with Crippen LogP contribution >= 0.6 is 0 Å². The molecule has 0 radical (unpaired) electrons. The average Bonchev–Trinajstić information content (AvgIpc) is 3.34. The zero-order chi connectivity index (χ0) is 26.7. The molecule has 2 aliphatic heterocycles. The molecule has 4 heteroatoms. The summed E-state index contributed by atoms with van der Waals surface area (Å²) >= 11 is 0. The summed E-state index contributed by atoms with van der Waals surface area (Å²) in [7, 11) is 0. The molecular weight excluding hydrogens is 472 g/mol. The molecule has 1 spiro atoms. The summed E-state index contributed by atoms with van der Waals surface area (Å²) in [6.45, 7) is 13.1. The van der Waals surface area contributed by atoms with Crippen molar-refractivity contribution < 1.29 is 19.0 Å². The third kappa shape index (κ3) is 4.41. The highest BCUT2D eigenvalue weighted by molar-refractivity contribution is 5.69. The molecule has 2 saturated heterocycles. The average molecular weight is 529 g/mol. The van der Waals surface area contributed by atoms with Gasteiger partial charge in [0.2, 0.25) is 0 Å². The van der Waals surface area contributed by atoms with E-state index in [1.54, 1.807) is 0 Å². The minimum Gasteiger partial charge on any atom is -0.462 e. The predicted molar refractivity (Wildman–Crippen MR) is 150 cm³/mol. The highest BCUT2D eigenvalue weighted by Gasteiger charge is 2.69. The molecule has 0 aromatic heterocycles. The lowest BCUT2D eigenvalue weighted by Gasteiger charge is -2.61. The van der Waals surface area contributed by atoms with Crippen molar-refractivity contribution in [3.63, 3.8) is 0 Å². The van der Waals surface area contributed by atoms with Crippen molar-refractivity contribution in [1.29, 1.82) is 0 Å². The lowest BCUT2D eigenvalue weighted by Crippen LogP contribution is -2.55. The maximum absolute atomic E-state index is 12.5. The molecule has 0 aromatic carbocycles. The maximum Gasteiger partial charge on any atom is 0.306 e. The molecular formula is C34H56O4. The van der Waals surface area contributed by atoms with E-state index in [1.807, 2.05) is 0 Å². The molecule has 0 aromatic rings. The number of esters is 1. The van der Waals surface area contributed by atoms with Gasteiger partial charge in [0.1, 0.15) is 6.10 Å². The number of hydrogen-bond donors (Lipinski definition) is 0. The second-order valence-electron chi connectivity index (χ2n) is 15.4. The monoisotopic (exact) mass is 528 g/mol. The number of fused-ring (bicyclic) bond motifs is 7. The van der Waals surface area contributed by atoms with Crippen LogP contribution in [-0.4, -0.2) is 30.6 Å². The molecule has 4 nitrogen and oxygen atoms in total. The summed E-state index contributed by atoms with van der Waals surface area (Å²) in [4.78, 5) is 12.5. The molecule has 2 heterocycles. The summed E-state index contributed by atoms with van der Waals surface area (Å²) in [5.41, 5.74) is 0.817. The molecule has 6 aliphatic rings. The molecule has 6 rings (SSSR count). The first-order valence-electron chi connectivity index (χ1n) is 16.7. The van der Waals surface area contributed by atoms with Gasteiger partial charge in [-0.1, -0.05) is 53.9 Å². The minimum atomic E-state index is -0.303. The summed E-state index contributed by atoms with van der Waals surface area (Å²) in [6, 6.07) is 0. The molecule has 4 saturated carbocycles. The van der Waals surface area contributed by atoms with Crippen LogP contribution in [0.3, 0.4) is 0 Å². The van der Waals surface area contributed by atoms with E-state index in [0.717, 1.165) is 62.4 Å². The van der Waals surface area contributed by atoms with E-state index in [0.29, 0.717) is 41.1 Å². The van der Waals surface area contributed by atoms with E-state index >= 15 is 0 Å². The van der Waals surface area contributed by atoms with E-state index < -0.39 is 0 Å². The van der Waals surface area contributed by atoms with Crippen molar-refractivity contribution in [2.24, 2.45) is 52.3 Å². The zero-order valence-corrected chi connectivity index (χ0v) is 25.1. The molecule has 0 N–H and O–H groups in total. The SMILES string of the molecule is CCCCCCC(=O)O[C@@H]1CC[C@@]2(C)[C@@H](CC[C@@H]3[C@@H]2CC[C@]2(C)[C@@H]4[C@H](C[C@@H]32)O[C@]2(CC[C@@H](C)CO2)[C@H]4C)C1. The van der Waals surface area contributed by atoms with Gasteiger partial charge in [0, 0.05) is 18.8 Å². The fraction of sp³-hybridized carbons (Fsp3) is 0.971. The molecule has 0 bridgehead atoms. The Kier molecular flexibility index (Phi) is 7.50. The van der Waals surface area contributed by atoms with Gasteiger partial charge >= 0.3 is 5.97 Å². The van der Waals surface area contributed by atoms with Gasteiger partial charge in [-0.05, 0) is 111 Å². The zero-order valence-electron chi connectivity index (χ0n) is 25.1. The Balaban J connectivity index is 1.10. The Hall–Kier alpha value is -0.610. The van der Waals surface area contributed by atoms with Crippen molar-refractivity contribution in [3.8, 4) is 0 Å². The van der Waals surface area contributed by atoms with Crippen LogP contribution in [0.1, 0.15) is 131 Å². The predicted octanol–water partition coefficient (Wildman–Crippen LogP) is 8.32. The molecule has 38 heavy (non-hydrogen) atoms. The summed E-state index contributed by atoms with van der Waals surface area (Å²) in [5.74, 6) is 4.77. The number of carbonyl (C=O) groups excluding carboxylic acids is 1. The van der Waals surface area contributed by atoms with Crippen LogP contribution in [-0.2, 0) is 19.0 Å². The summed E-state index contributed by atoms with van der Waals surface area (Å²) in [5, 5.41) is 0. The van der Waals surface area contributed by atoms with Crippen molar-refractivity contribution in [1.82, 2.24) is 0 Å². The van der Waals surface area contributed by atoms with E-state index in [1.165, 1.54) is 57.8 Å². The number of carbonyl (C=O) groups is 1. The van der Waals surface area contributed by atoms with Gasteiger partial charge in [-0.2, -0.15) is 0 Å². The quantitative estimate of drug-likeness (QED) is 0.257. The molecule has 4 aliphatic carbocycles. The third-order valence-electron chi connectivity index (χ3n) is 13.4. The normalized spacial score (nSPS) is 51.7. The van der Waals surface area contributed by atoms with E-state index in [9.17, 15) is 4.79 Å². The standard InChI is InChI=1S/C34H56O4/c1-6-7-8-9-10-30(35)37-25-14-16-32(4)24(19-25)11-12-26-27(32)15-17-33(5)28(26)20-29-31(33)23(3)34(38-29)18-13-22(2)21-36-34/h22-29,31H,6-21H2,1-5H3/t22-,23+,24+,25-,26-,27+,28+,29+,31+,32+,33+,34-/m1/s1. The fourth-order valence-corrected chi connectivity index (χ4v) is 11.3. The van der Waals surface area contributed by atoms with Crippen LogP contribution in [0.25, 0.3) is 0 Å². The second-order valence-corrected chi connectivity index (χ2v) is 15.4. The Morgan fingerprint density at radius 2 is 1.71 bits per heavy atom. The molecule has 12 atom stereocenters. The van der Waals surface area contributed by atoms with Gasteiger partial charge in [0.15, 0.2) is 5.79 Å². The fourth-order valence-electron chi connectivity index (χ4n) is 11.3. The van der Waals surface area contributed by atoms with Crippen LogP contribution < -0.4 is 0 Å². The largest absolute Gasteiger partial charge is 0.462 e. The Bertz CT molecular complexity index is 863. The van der Waals surface area contributed by atoms with Crippen LogP contribution in [0, 0.1) is 52.3 Å². The maximum atomic E-state index is 12.5. The third-order valence-corrected chi connectivity index (χ3v) is 13.4. The second kappa shape index (κ2) is 10.3.